The zero-order valence-corrected chi connectivity index (χ0v) is 9.21. The molecule has 0 fully saturated rings. The van der Waals surface area contributed by atoms with Crippen molar-refractivity contribution in [3.63, 3.8) is 0 Å². The Kier molecular flexibility index (Phi) is 2.47. The summed E-state index contributed by atoms with van der Waals surface area (Å²) in [6.45, 7) is 0. The summed E-state index contributed by atoms with van der Waals surface area (Å²) in [6, 6.07) is 18.6. The fourth-order valence-corrected chi connectivity index (χ4v) is 1.84. The van der Waals surface area contributed by atoms with Crippen LogP contribution in [0.15, 0.2) is 71.7 Å². The average molecular weight is 221 g/mol. The van der Waals surface area contributed by atoms with Crippen LogP contribution in [-0.4, -0.2) is 4.98 Å². The second-order valence-corrected chi connectivity index (χ2v) is 3.82. The lowest BCUT2D eigenvalue weighted by Gasteiger charge is -2.03. The first-order valence-electron chi connectivity index (χ1n) is 5.47. The van der Waals surface area contributed by atoms with Gasteiger partial charge in [-0.2, -0.15) is 0 Å². The zero-order valence-electron chi connectivity index (χ0n) is 9.21. The highest BCUT2D eigenvalue weighted by molar-refractivity contribution is 5.70. The van der Waals surface area contributed by atoms with Crippen LogP contribution < -0.4 is 0 Å². The first-order valence-corrected chi connectivity index (χ1v) is 5.47. The van der Waals surface area contributed by atoms with Crippen molar-refractivity contribution in [2.24, 2.45) is 0 Å². The predicted octanol–water partition coefficient (Wildman–Crippen LogP) is 4.01. The number of benzene rings is 2. The van der Waals surface area contributed by atoms with Gasteiger partial charge in [0.15, 0.2) is 6.39 Å². The smallest absolute Gasteiger partial charge is 0.181 e. The van der Waals surface area contributed by atoms with E-state index in [1.165, 1.54) is 17.5 Å². The molecule has 3 aromatic rings. The molecule has 0 saturated carbocycles. The van der Waals surface area contributed by atoms with Crippen LogP contribution in [0, 0.1) is 0 Å². The number of aromatic nitrogens is 1. The molecule has 0 aliphatic carbocycles. The summed E-state index contributed by atoms with van der Waals surface area (Å²) in [5.74, 6) is 0. The Labute approximate surface area is 99.6 Å². The minimum atomic E-state index is 0.864. The molecule has 1 heterocycles. The molecule has 0 N–H and O–H groups in total. The van der Waals surface area contributed by atoms with Gasteiger partial charge in [-0.15, -0.1) is 0 Å². The van der Waals surface area contributed by atoms with Crippen LogP contribution >= 0.6 is 0 Å². The summed E-state index contributed by atoms with van der Waals surface area (Å²) in [5, 5.41) is 0. The molecule has 2 aromatic carbocycles. The summed E-state index contributed by atoms with van der Waals surface area (Å²) in [5.41, 5.74) is 4.33. The molecular weight excluding hydrogens is 210 g/mol. The molecule has 0 aliphatic rings. The Hall–Kier alpha value is -2.35. The SMILES string of the molecule is c1ccc(-c2cccc(-c3cocn3)c2)cc1. The van der Waals surface area contributed by atoms with Gasteiger partial charge >= 0.3 is 0 Å². The maximum absolute atomic E-state index is 5.00. The van der Waals surface area contributed by atoms with E-state index in [0.717, 1.165) is 11.3 Å². The molecule has 1 aromatic heterocycles. The second-order valence-electron chi connectivity index (χ2n) is 3.82. The quantitative estimate of drug-likeness (QED) is 0.653. The van der Waals surface area contributed by atoms with Crippen LogP contribution in [0.2, 0.25) is 0 Å². The van der Waals surface area contributed by atoms with Crippen molar-refractivity contribution in [3.05, 3.63) is 67.3 Å². The van der Waals surface area contributed by atoms with E-state index in [2.05, 4.69) is 29.2 Å². The third kappa shape index (κ3) is 1.97. The summed E-state index contributed by atoms with van der Waals surface area (Å²) in [7, 11) is 0. The van der Waals surface area contributed by atoms with Crippen molar-refractivity contribution >= 4 is 0 Å². The Morgan fingerprint density at radius 1 is 0.765 bits per heavy atom. The van der Waals surface area contributed by atoms with Crippen molar-refractivity contribution in [1.29, 1.82) is 0 Å². The monoisotopic (exact) mass is 221 g/mol. The predicted molar refractivity (Wildman–Crippen MR) is 67.4 cm³/mol. The first kappa shape index (κ1) is 9.85. The maximum Gasteiger partial charge on any atom is 0.181 e. The highest BCUT2D eigenvalue weighted by atomic mass is 16.3. The van der Waals surface area contributed by atoms with Crippen LogP contribution in [0.4, 0.5) is 0 Å². The Bertz CT molecular complexity index is 600. The summed E-state index contributed by atoms with van der Waals surface area (Å²) >= 11 is 0. The maximum atomic E-state index is 5.00. The minimum Gasteiger partial charge on any atom is -0.451 e. The molecule has 0 saturated heterocycles. The fourth-order valence-electron chi connectivity index (χ4n) is 1.84. The molecule has 82 valence electrons. The summed E-state index contributed by atoms with van der Waals surface area (Å²) in [6.07, 6.45) is 3.11. The van der Waals surface area contributed by atoms with E-state index in [9.17, 15) is 0 Å². The van der Waals surface area contributed by atoms with Gasteiger partial charge in [0.2, 0.25) is 0 Å². The fraction of sp³-hybridized carbons (Fsp3) is 0. The molecule has 0 spiro atoms. The van der Waals surface area contributed by atoms with Crippen molar-refractivity contribution in [2.75, 3.05) is 0 Å². The highest BCUT2D eigenvalue weighted by Gasteiger charge is 2.02. The molecule has 2 nitrogen and oxygen atoms in total. The number of rotatable bonds is 2. The standard InChI is InChI=1S/C15H11NO/c1-2-5-12(6-3-1)13-7-4-8-14(9-13)15-10-17-11-16-15/h1-11H. The lowest BCUT2D eigenvalue weighted by atomic mass is 10.0. The van der Waals surface area contributed by atoms with E-state index in [4.69, 9.17) is 4.42 Å². The molecule has 2 heteroatoms. The summed E-state index contributed by atoms with van der Waals surface area (Å²) in [4.78, 5) is 4.15. The third-order valence-corrected chi connectivity index (χ3v) is 2.70. The van der Waals surface area contributed by atoms with Crippen molar-refractivity contribution in [3.8, 4) is 22.4 Å². The molecule has 0 bridgehead atoms. The van der Waals surface area contributed by atoms with Gasteiger partial charge in [0.25, 0.3) is 0 Å². The normalized spacial score (nSPS) is 10.4. The van der Waals surface area contributed by atoms with E-state index < -0.39 is 0 Å². The van der Waals surface area contributed by atoms with Crippen LogP contribution in [0.1, 0.15) is 0 Å². The minimum absolute atomic E-state index is 0.864. The molecule has 0 unspecified atom stereocenters. The summed E-state index contributed by atoms with van der Waals surface area (Å²) < 4.78 is 5.00. The molecule has 0 atom stereocenters. The number of hydrogen-bond acceptors (Lipinski definition) is 2. The van der Waals surface area contributed by atoms with Crippen molar-refractivity contribution < 1.29 is 4.42 Å². The van der Waals surface area contributed by atoms with Gasteiger partial charge in [0.05, 0.1) is 0 Å². The van der Waals surface area contributed by atoms with Crippen LogP contribution in [0.3, 0.4) is 0 Å². The van der Waals surface area contributed by atoms with E-state index in [1.807, 2.05) is 30.3 Å². The van der Waals surface area contributed by atoms with E-state index in [-0.39, 0.29) is 0 Å². The number of nitrogens with zero attached hydrogens (tertiary/aromatic N) is 1. The molecule has 0 amide bonds. The van der Waals surface area contributed by atoms with Crippen molar-refractivity contribution in [2.45, 2.75) is 0 Å². The van der Waals surface area contributed by atoms with Gasteiger partial charge in [-0.1, -0.05) is 48.5 Å². The Morgan fingerprint density at radius 3 is 2.29 bits per heavy atom. The van der Waals surface area contributed by atoms with E-state index in [0.29, 0.717) is 0 Å². The first-order chi connectivity index (χ1) is 8.43. The van der Waals surface area contributed by atoms with Crippen LogP contribution in [0.5, 0.6) is 0 Å². The third-order valence-electron chi connectivity index (χ3n) is 2.70. The van der Waals surface area contributed by atoms with Crippen LogP contribution in [-0.2, 0) is 0 Å². The highest BCUT2D eigenvalue weighted by Crippen LogP contribution is 2.24. The Morgan fingerprint density at radius 2 is 1.53 bits per heavy atom. The van der Waals surface area contributed by atoms with Gasteiger partial charge in [0, 0.05) is 5.56 Å². The van der Waals surface area contributed by atoms with Crippen molar-refractivity contribution in [1.82, 2.24) is 4.98 Å². The van der Waals surface area contributed by atoms with E-state index in [1.54, 1.807) is 6.26 Å². The van der Waals surface area contributed by atoms with E-state index >= 15 is 0 Å². The Balaban J connectivity index is 2.06. The second kappa shape index (κ2) is 4.26. The number of hydrogen-bond donors (Lipinski definition) is 0. The lowest BCUT2D eigenvalue weighted by Crippen LogP contribution is -1.80. The average Bonchev–Trinajstić information content (AvgIpc) is 2.94. The van der Waals surface area contributed by atoms with Gasteiger partial charge < -0.3 is 4.42 Å². The molecular formula is C15H11NO. The van der Waals surface area contributed by atoms with Gasteiger partial charge in [-0.25, -0.2) is 4.98 Å². The molecule has 0 aliphatic heterocycles. The molecule has 3 rings (SSSR count). The van der Waals surface area contributed by atoms with Gasteiger partial charge in [-0.05, 0) is 17.2 Å². The molecule has 0 radical (unpaired) electrons. The largest absolute Gasteiger partial charge is 0.451 e. The van der Waals surface area contributed by atoms with Crippen LogP contribution in [0.25, 0.3) is 22.4 Å². The number of oxazole rings is 1. The lowest BCUT2D eigenvalue weighted by molar-refractivity contribution is 0.558. The molecule has 17 heavy (non-hydrogen) atoms. The topological polar surface area (TPSA) is 26.0 Å². The van der Waals surface area contributed by atoms with Gasteiger partial charge in [-0.3, -0.25) is 0 Å². The zero-order chi connectivity index (χ0) is 11.5. The van der Waals surface area contributed by atoms with Gasteiger partial charge in [0.1, 0.15) is 12.0 Å².